The molecule has 0 aliphatic carbocycles. The van der Waals surface area contributed by atoms with E-state index in [9.17, 15) is 9.59 Å². The van der Waals surface area contributed by atoms with Crippen molar-refractivity contribution >= 4 is 21.9 Å². The van der Waals surface area contributed by atoms with Crippen molar-refractivity contribution in [2.75, 3.05) is 0 Å². The zero-order chi connectivity index (χ0) is 19.7. The quantitative estimate of drug-likeness (QED) is 0.471. The zero-order valence-electron chi connectivity index (χ0n) is 15.8. The van der Waals surface area contributed by atoms with Crippen LogP contribution in [0.3, 0.4) is 0 Å². The van der Waals surface area contributed by atoms with E-state index >= 15 is 0 Å². The van der Waals surface area contributed by atoms with Gasteiger partial charge in [0.25, 0.3) is 0 Å². The van der Waals surface area contributed by atoms with Crippen molar-refractivity contribution in [3.05, 3.63) is 86.1 Å². The Labute approximate surface area is 161 Å². The third-order valence-corrected chi connectivity index (χ3v) is 4.70. The summed E-state index contributed by atoms with van der Waals surface area (Å²) in [4.78, 5) is 23.7. The van der Waals surface area contributed by atoms with E-state index in [0.717, 1.165) is 40.3 Å². The van der Waals surface area contributed by atoms with Gasteiger partial charge in [0.05, 0.1) is 0 Å². The molecule has 0 saturated carbocycles. The van der Waals surface area contributed by atoms with Crippen LogP contribution >= 0.6 is 0 Å². The van der Waals surface area contributed by atoms with Crippen molar-refractivity contribution in [1.82, 2.24) is 0 Å². The maximum absolute atomic E-state index is 11.9. The summed E-state index contributed by atoms with van der Waals surface area (Å²) < 4.78 is 16.5. The Morgan fingerprint density at radius 3 is 2.21 bits per heavy atom. The minimum absolute atomic E-state index is 0.204. The summed E-state index contributed by atoms with van der Waals surface area (Å²) in [6.45, 7) is 4.22. The van der Waals surface area contributed by atoms with Crippen molar-refractivity contribution in [2.24, 2.45) is 0 Å². The molecule has 0 saturated heterocycles. The van der Waals surface area contributed by atoms with E-state index < -0.39 is 5.63 Å². The van der Waals surface area contributed by atoms with Crippen molar-refractivity contribution in [1.29, 1.82) is 0 Å². The Kier molecular flexibility index (Phi) is 4.74. The summed E-state index contributed by atoms with van der Waals surface area (Å²) in [5, 5.41) is 1.75. The maximum Gasteiger partial charge on any atom is 0.336 e. The van der Waals surface area contributed by atoms with Gasteiger partial charge in [0, 0.05) is 34.5 Å². The van der Waals surface area contributed by atoms with Crippen molar-refractivity contribution in [3.63, 3.8) is 0 Å². The predicted octanol–water partition coefficient (Wildman–Crippen LogP) is 4.74. The van der Waals surface area contributed by atoms with Crippen LogP contribution in [0.2, 0.25) is 0 Å². The fourth-order valence-corrected chi connectivity index (χ4v) is 3.39. The molecule has 28 heavy (non-hydrogen) atoms. The number of hydrogen-bond donors (Lipinski definition) is 0. The topological polar surface area (TPSA) is 69.7 Å². The molecule has 0 bridgehead atoms. The number of hydrogen-bond acceptors (Lipinski definition) is 5. The summed E-state index contributed by atoms with van der Waals surface area (Å²) in [6.07, 6.45) is 1.76. The number of aryl methyl sites for hydroxylation is 2. The highest BCUT2D eigenvalue weighted by molar-refractivity contribution is 5.82. The van der Waals surface area contributed by atoms with Gasteiger partial charge in [-0.2, -0.15) is 0 Å². The Morgan fingerprint density at radius 2 is 1.46 bits per heavy atom. The van der Waals surface area contributed by atoms with Gasteiger partial charge in [-0.3, -0.25) is 0 Å². The van der Waals surface area contributed by atoms with Crippen LogP contribution in [0, 0.1) is 6.92 Å². The van der Waals surface area contributed by atoms with Crippen LogP contribution in [0.1, 0.15) is 30.0 Å². The molecule has 4 aromatic rings. The molecule has 0 unspecified atom stereocenters. The number of benzene rings is 2. The molecule has 2 aromatic carbocycles. The lowest BCUT2D eigenvalue weighted by atomic mass is 10.1. The SMILES string of the molecule is CCCc1cc(=O)oc2cc(OCc3cc(=O)oc4cc(C)ccc34)ccc12. The highest BCUT2D eigenvalue weighted by Gasteiger charge is 2.09. The average molecular weight is 376 g/mol. The molecule has 142 valence electrons. The lowest BCUT2D eigenvalue weighted by Gasteiger charge is -2.10. The largest absolute Gasteiger partial charge is 0.489 e. The Hall–Kier alpha value is -3.34. The maximum atomic E-state index is 11.9. The highest BCUT2D eigenvalue weighted by Crippen LogP contribution is 2.25. The van der Waals surface area contributed by atoms with Crippen LogP contribution in [0.25, 0.3) is 21.9 Å². The molecule has 5 nitrogen and oxygen atoms in total. The minimum atomic E-state index is -0.412. The van der Waals surface area contributed by atoms with Gasteiger partial charge in [-0.25, -0.2) is 9.59 Å². The van der Waals surface area contributed by atoms with Gasteiger partial charge in [-0.1, -0.05) is 25.5 Å². The standard InChI is InChI=1S/C23H20O5/c1-3-4-15-10-22(24)28-21-12-17(6-8-18(15)21)26-13-16-11-23(25)27-20-9-14(2)5-7-19(16)20/h5-12H,3-4,13H2,1-2H3. The Balaban J connectivity index is 1.67. The Morgan fingerprint density at radius 1 is 0.821 bits per heavy atom. The lowest BCUT2D eigenvalue weighted by Crippen LogP contribution is -2.04. The molecular formula is C23H20O5. The second-order valence-electron chi connectivity index (χ2n) is 6.88. The first-order valence-corrected chi connectivity index (χ1v) is 9.26. The number of fused-ring (bicyclic) bond motifs is 2. The van der Waals surface area contributed by atoms with E-state index in [4.69, 9.17) is 13.6 Å². The molecule has 0 aliphatic rings. The van der Waals surface area contributed by atoms with Gasteiger partial charge in [0.1, 0.15) is 23.5 Å². The van der Waals surface area contributed by atoms with Crippen LogP contribution in [-0.4, -0.2) is 0 Å². The van der Waals surface area contributed by atoms with Crippen LogP contribution in [0.15, 0.2) is 67.0 Å². The van der Waals surface area contributed by atoms with E-state index in [0.29, 0.717) is 16.9 Å². The van der Waals surface area contributed by atoms with Gasteiger partial charge >= 0.3 is 11.3 Å². The van der Waals surface area contributed by atoms with Gasteiger partial charge < -0.3 is 13.6 Å². The molecule has 0 fully saturated rings. The van der Waals surface area contributed by atoms with E-state index in [1.807, 2.05) is 37.3 Å². The third kappa shape index (κ3) is 3.56. The lowest BCUT2D eigenvalue weighted by molar-refractivity contribution is 0.306. The van der Waals surface area contributed by atoms with Crippen molar-refractivity contribution < 1.29 is 13.6 Å². The highest BCUT2D eigenvalue weighted by atomic mass is 16.5. The molecule has 0 spiro atoms. The van der Waals surface area contributed by atoms with Crippen LogP contribution < -0.4 is 16.0 Å². The number of ether oxygens (including phenoxy) is 1. The van der Waals surface area contributed by atoms with Crippen LogP contribution in [-0.2, 0) is 13.0 Å². The molecule has 0 atom stereocenters. The minimum Gasteiger partial charge on any atom is -0.489 e. The first-order valence-electron chi connectivity index (χ1n) is 9.26. The molecule has 0 N–H and O–H groups in total. The molecular weight excluding hydrogens is 356 g/mol. The fourth-order valence-electron chi connectivity index (χ4n) is 3.39. The summed E-state index contributed by atoms with van der Waals surface area (Å²) in [7, 11) is 0. The van der Waals surface area contributed by atoms with E-state index in [2.05, 4.69) is 6.92 Å². The van der Waals surface area contributed by atoms with Crippen molar-refractivity contribution in [2.45, 2.75) is 33.3 Å². The molecule has 2 aromatic heterocycles. The monoisotopic (exact) mass is 376 g/mol. The molecule has 0 radical (unpaired) electrons. The first-order chi connectivity index (χ1) is 13.5. The third-order valence-electron chi connectivity index (χ3n) is 4.70. The second-order valence-corrected chi connectivity index (χ2v) is 6.88. The molecule has 4 rings (SSSR count). The molecule has 0 aliphatic heterocycles. The Bertz CT molecular complexity index is 1280. The van der Waals surface area contributed by atoms with E-state index in [1.54, 1.807) is 12.1 Å². The van der Waals surface area contributed by atoms with Crippen molar-refractivity contribution in [3.8, 4) is 5.75 Å². The normalized spacial score (nSPS) is 11.2. The van der Waals surface area contributed by atoms with Crippen LogP contribution in [0.5, 0.6) is 5.75 Å². The van der Waals surface area contributed by atoms with Gasteiger partial charge in [0.15, 0.2) is 0 Å². The smallest absolute Gasteiger partial charge is 0.336 e. The molecule has 0 amide bonds. The molecule has 2 heterocycles. The van der Waals surface area contributed by atoms with Gasteiger partial charge in [-0.15, -0.1) is 0 Å². The summed E-state index contributed by atoms with van der Waals surface area (Å²) >= 11 is 0. The van der Waals surface area contributed by atoms with Crippen LogP contribution in [0.4, 0.5) is 0 Å². The van der Waals surface area contributed by atoms with Gasteiger partial charge in [0.2, 0.25) is 0 Å². The average Bonchev–Trinajstić information content (AvgIpc) is 2.65. The second kappa shape index (κ2) is 7.35. The van der Waals surface area contributed by atoms with Gasteiger partial charge in [-0.05, 0) is 42.7 Å². The molecule has 5 heteroatoms. The first kappa shape index (κ1) is 18.0. The fraction of sp³-hybridized carbons (Fsp3) is 0.217. The summed E-state index contributed by atoms with van der Waals surface area (Å²) in [5.74, 6) is 0.567. The summed E-state index contributed by atoms with van der Waals surface area (Å²) in [5.41, 5.74) is 3.00. The predicted molar refractivity (Wildman–Crippen MR) is 108 cm³/mol. The van der Waals surface area contributed by atoms with E-state index in [-0.39, 0.29) is 12.2 Å². The van der Waals surface area contributed by atoms with E-state index in [1.165, 1.54) is 6.07 Å². The summed E-state index contributed by atoms with van der Waals surface area (Å²) in [6, 6.07) is 14.2. The number of rotatable bonds is 5. The zero-order valence-corrected chi connectivity index (χ0v) is 15.8.